The van der Waals surface area contributed by atoms with Gasteiger partial charge in [-0.1, -0.05) is 41.9 Å². The van der Waals surface area contributed by atoms with Gasteiger partial charge in [-0.15, -0.1) is 0 Å². The van der Waals surface area contributed by atoms with E-state index in [-0.39, 0.29) is 17.9 Å². The average molecular weight is 384 g/mol. The molecule has 27 heavy (non-hydrogen) atoms. The van der Waals surface area contributed by atoms with Crippen LogP contribution >= 0.6 is 11.6 Å². The predicted octanol–water partition coefficient (Wildman–Crippen LogP) is 2.60. The molecule has 1 unspecified atom stereocenters. The van der Waals surface area contributed by atoms with Crippen molar-refractivity contribution in [2.24, 2.45) is 0 Å². The lowest BCUT2D eigenvalue weighted by molar-refractivity contribution is -0.121. The van der Waals surface area contributed by atoms with Crippen molar-refractivity contribution < 1.29 is 9.59 Å². The van der Waals surface area contributed by atoms with Crippen LogP contribution in [0.4, 0.5) is 0 Å². The zero-order chi connectivity index (χ0) is 18.9. The van der Waals surface area contributed by atoms with E-state index in [1.54, 1.807) is 24.3 Å². The molecule has 0 aromatic heterocycles. The molecule has 6 heteroatoms. The minimum Gasteiger partial charge on any atom is -0.338 e. The van der Waals surface area contributed by atoms with Gasteiger partial charge in [0.1, 0.15) is 0 Å². The molecular formula is C21H22ClN3O2. The molecular weight excluding hydrogens is 362 g/mol. The highest BCUT2D eigenvalue weighted by Gasteiger charge is 2.45. The van der Waals surface area contributed by atoms with E-state index in [9.17, 15) is 9.59 Å². The Morgan fingerprint density at radius 2 is 1.74 bits per heavy atom. The molecule has 2 fully saturated rings. The maximum Gasteiger partial charge on any atom is 0.253 e. The zero-order valence-corrected chi connectivity index (χ0v) is 15.7. The summed E-state index contributed by atoms with van der Waals surface area (Å²) < 4.78 is 0. The molecule has 1 spiro atoms. The van der Waals surface area contributed by atoms with Crippen molar-refractivity contribution in [3.05, 3.63) is 70.7 Å². The van der Waals surface area contributed by atoms with Crippen LogP contribution < -0.4 is 10.6 Å². The third-order valence-corrected chi connectivity index (χ3v) is 5.66. The molecule has 1 atom stereocenters. The number of nitrogens with one attached hydrogen (secondary N) is 2. The third-order valence-electron chi connectivity index (χ3n) is 5.41. The fourth-order valence-corrected chi connectivity index (χ4v) is 4.01. The van der Waals surface area contributed by atoms with E-state index in [1.165, 1.54) is 0 Å². The molecule has 2 aromatic rings. The number of benzene rings is 2. The zero-order valence-electron chi connectivity index (χ0n) is 15.0. The Balaban J connectivity index is 1.37. The summed E-state index contributed by atoms with van der Waals surface area (Å²) in [5.41, 5.74) is 1.37. The van der Waals surface area contributed by atoms with E-state index in [0.717, 1.165) is 5.56 Å². The Bertz CT molecular complexity index is 830. The number of amides is 2. The Morgan fingerprint density at radius 1 is 1.07 bits per heavy atom. The van der Waals surface area contributed by atoms with Crippen molar-refractivity contribution in [3.63, 3.8) is 0 Å². The first-order valence-corrected chi connectivity index (χ1v) is 9.61. The molecule has 2 aliphatic heterocycles. The molecule has 2 saturated heterocycles. The molecule has 0 saturated carbocycles. The smallest absolute Gasteiger partial charge is 0.253 e. The number of likely N-dealkylation sites (tertiary alicyclic amines) is 1. The van der Waals surface area contributed by atoms with Crippen LogP contribution in [0.5, 0.6) is 0 Å². The fourth-order valence-electron chi connectivity index (χ4n) is 3.89. The van der Waals surface area contributed by atoms with Crippen LogP contribution in [0.25, 0.3) is 0 Å². The number of rotatable bonds is 3. The van der Waals surface area contributed by atoms with Crippen molar-refractivity contribution in [1.82, 2.24) is 15.5 Å². The Hall–Kier alpha value is -2.37. The lowest BCUT2D eigenvalue weighted by Gasteiger charge is -2.39. The second kappa shape index (κ2) is 7.33. The highest BCUT2D eigenvalue weighted by atomic mass is 35.5. The van der Waals surface area contributed by atoms with Gasteiger partial charge in [-0.05, 0) is 36.2 Å². The summed E-state index contributed by atoms with van der Waals surface area (Å²) in [6.07, 6.45) is 2.06. The second-order valence-corrected chi connectivity index (χ2v) is 7.69. The maximum atomic E-state index is 12.7. The molecule has 0 aliphatic carbocycles. The molecule has 0 radical (unpaired) electrons. The van der Waals surface area contributed by atoms with Gasteiger partial charge in [0.05, 0.1) is 11.7 Å². The van der Waals surface area contributed by atoms with E-state index in [1.807, 2.05) is 35.2 Å². The summed E-state index contributed by atoms with van der Waals surface area (Å²) in [6.45, 7) is 1.21. The summed E-state index contributed by atoms with van der Waals surface area (Å²) in [5.74, 6) is 0.0445. The fraction of sp³-hybridized carbons (Fsp3) is 0.333. The minimum absolute atomic E-state index is 0.00618. The largest absolute Gasteiger partial charge is 0.338 e. The van der Waals surface area contributed by atoms with Gasteiger partial charge in [-0.3, -0.25) is 14.9 Å². The van der Waals surface area contributed by atoms with Gasteiger partial charge in [-0.2, -0.15) is 0 Å². The van der Waals surface area contributed by atoms with E-state index in [2.05, 4.69) is 10.6 Å². The summed E-state index contributed by atoms with van der Waals surface area (Å²) in [6, 6.07) is 16.7. The van der Waals surface area contributed by atoms with Gasteiger partial charge < -0.3 is 10.2 Å². The number of piperidine rings is 1. The van der Waals surface area contributed by atoms with Gasteiger partial charge in [-0.25, -0.2) is 0 Å². The van der Waals surface area contributed by atoms with Crippen molar-refractivity contribution >= 4 is 23.4 Å². The normalized spacial score (nSPS) is 21.3. The number of hydrogen-bond acceptors (Lipinski definition) is 3. The van der Waals surface area contributed by atoms with Crippen molar-refractivity contribution in [2.75, 3.05) is 13.1 Å². The summed E-state index contributed by atoms with van der Waals surface area (Å²) in [5, 5.41) is 7.25. The third kappa shape index (κ3) is 3.84. The minimum atomic E-state index is -0.409. The molecule has 2 N–H and O–H groups in total. The molecule has 5 nitrogen and oxygen atoms in total. The van der Waals surface area contributed by atoms with Crippen molar-refractivity contribution in [3.8, 4) is 0 Å². The van der Waals surface area contributed by atoms with Crippen LogP contribution in [0.2, 0.25) is 5.02 Å². The van der Waals surface area contributed by atoms with Gasteiger partial charge in [0.2, 0.25) is 5.91 Å². The Morgan fingerprint density at radius 3 is 2.41 bits per heavy atom. The van der Waals surface area contributed by atoms with Crippen LogP contribution in [-0.4, -0.2) is 41.5 Å². The second-order valence-electron chi connectivity index (χ2n) is 7.26. The monoisotopic (exact) mass is 383 g/mol. The Labute approximate surface area is 163 Å². The lowest BCUT2D eigenvalue weighted by atomic mass is 9.96. The molecule has 4 rings (SSSR count). The SMILES string of the molecule is O=C1NC2(CCN(C(=O)c3ccc(Cl)cc3)CC2)NC1Cc1ccccc1. The molecule has 2 amide bonds. The first-order valence-electron chi connectivity index (χ1n) is 9.23. The van der Waals surface area contributed by atoms with Gasteiger partial charge >= 0.3 is 0 Å². The summed E-state index contributed by atoms with van der Waals surface area (Å²) in [7, 11) is 0. The van der Waals surface area contributed by atoms with Crippen LogP contribution in [0, 0.1) is 0 Å². The number of carbonyl (C=O) groups excluding carboxylic acids is 2. The maximum absolute atomic E-state index is 12.7. The topological polar surface area (TPSA) is 61.4 Å². The highest BCUT2D eigenvalue weighted by Crippen LogP contribution is 2.26. The van der Waals surface area contributed by atoms with E-state index in [0.29, 0.717) is 42.9 Å². The van der Waals surface area contributed by atoms with Crippen LogP contribution in [0.1, 0.15) is 28.8 Å². The summed E-state index contributed by atoms with van der Waals surface area (Å²) in [4.78, 5) is 27.0. The summed E-state index contributed by atoms with van der Waals surface area (Å²) >= 11 is 5.90. The van der Waals surface area contributed by atoms with Crippen molar-refractivity contribution in [1.29, 1.82) is 0 Å². The molecule has 2 heterocycles. The molecule has 2 aromatic carbocycles. The van der Waals surface area contributed by atoms with Crippen molar-refractivity contribution in [2.45, 2.75) is 31.0 Å². The first-order chi connectivity index (χ1) is 13.0. The molecule has 0 bridgehead atoms. The molecule has 140 valence electrons. The van der Waals surface area contributed by atoms with E-state index in [4.69, 9.17) is 11.6 Å². The number of carbonyl (C=O) groups is 2. The standard InChI is InChI=1S/C21H22ClN3O2/c22-17-8-6-16(7-9-17)20(27)25-12-10-21(11-13-25)23-18(19(26)24-21)14-15-4-2-1-3-5-15/h1-9,18,23H,10-14H2,(H,24,26). The Kier molecular flexibility index (Phi) is 4.89. The average Bonchev–Trinajstić information content (AvgIpc) is 2.98. The number of halogens is 1. The highest BCUT2D eigenvalue weighted by molar-refractivity contribution is 6.30. The lowest BCUT2D eigenvalue weighted by Crippen LogP contribution is -2.58. The molecule has 2 aliphatic rings. The first kappa shape index (κ1) is 18.0. The number of nitrogens with zero attached hydrogens (tertiary/aromatic N) is 1. The van der Waals surface area contributed by atoms with Crippen LogP contribution in [-0.2, 0) is 11.2 Å². The predicted molar refractivity (Wildman–Crippen MR) is 105 cm³/mol. The van der Waals surface area contributed by atoms with Crippen LogP contribution in [0.3, 0.4) is 0 Å². The van der Waals surface area contributed by atoms with Gasteiger partial charge in [0.25, 0.3) is 5.91 Å². The van der Waals surface area contributed by atoms with E-state index < -0.39 is 5.66 Å². The van der Waals surface area contributed by atoms with Gasteiger partial charge in [0.15, 0.2) is 0 Å². The van der Waals surface area contributed by atoms with Gasteiger partial charge in [0, 0.05) is 36.5 Å². The number of hydrogen-bond donors (Lipinski definition) is 2. The van der Waals surface area contributed by atoms with E-state index >= 15 is 0 Å². The van der Waals surface area contributed by atoms with Crippen LogP contribution in [0.15, 0.2) is 54.6 Å². The quantitative estimate of drug-likeness (QED) is 0.856.